The Morgan fingerprint density at radius 2 is 1.75 bits per heavy atom. The summed E-state index contributed by atoms with van der Waals surface area (Å²) in [6, 6.07) is 17.3. The fraction of sp³-hybridized carbons (Fsp3) is 0.188. The van der Waals surface area contributed by atoms with Crippen LogP contribution in [0.4, 0.5) is 0 Å². The lowest BCUT2D eigenvalue weighted by Crippen LogP contribution is -2.28. The SMILES string of the molecule is O=C(Cc1ccc(Cl)cc1)NCC(Br)c1ccccc1. The van der Waals surface area contributed by atoms with E-state index in [0.29, 0.717) is 18.0 Å². The molecule has 2 aromatic rings. The first-order chi connectivity index (χ1) is 9.65. The highest BCUT2D eigenvalue weighted by Crippen LogP contribution is 2.21. The van der Waals surface area contributed by atoms with Crippen LogP contribution in [-0.4, -0.2) is 12.5 Å². The van der Waals surface area contributed by atoms with E-state index in [-0.39, 0.29) is 10.7 Å². The Bertz CT molecular complexity index is 556. The third-order valence-electron chi connectivity index (χ3n) is 2.92. The highest BCUT2D eigenvalue weighted by molar-refractivity contribution is 9.09. The van der Waals surface area contributed by atoms with Crippen molar-refractivity contribution < 1.29 is 4.79 Å². The molecule has 1 N–H and O–H groups in total. The largest absolute Gasteiger partial charge is 0.354 e. The molecule has 0 aromatic heterocycles. The number of alkyl halides is 1. The minimum Gasteiger partial charge on any atom is -0.354 e. The standard InChI is InChI=1S/C16H15BrClNO/c17-15(13-4-2-1-3-5-13)11-19-16(20)10-12-6-8-14(18)9-7-12/h1-9,15H,10-11H2,(H,19,20). The van der Waals surface area contributed by atoms with E-state index in [1.165, 1.54) is 0 Å². The molecule has 4 heteroatoms. The van der Waals surface area contributed by atoms with Gasteiger partial charge in [0.1, 0.15) is 0 Å². The van der Waals surface area contributed by atoms with Gasteiger partial charge >= 0.3 is 0 Å². The first-order valence-electron chi connectivity index (χ1n) is 6.35. The monoisotopic (exact) mass is 351 g/mol. The lowest BCUT2D eigenvalue weighted by molar-refractivity contribution is -0.120. The van der Waals surface area contributed by atoms with Gasteiger partial charge in [0.15, 0.2) is 0 Å². The highest BCUT2D eigenvalue weighted by Gasteiger charge is 2.09. The van der Waals surface area contributed by atoms with Crippen LogP contribution in [0.15, 0.2) is 54.6 Å². The molecule has 104 valence electrons. The molecule has 2 rings (SSSR count). The normalized spacial score (nSPS) is 11.9. The third kappa shape index (κ3) is 4.66. The van der Waals surface area contributed by atoms with Gasteiger partial charge in [-0.25, -0.2) is 0 Å². The van der Waals surface area contributed by atoms with E-state index in [4.69, 9.17) is 11.6 Å². The lowest BCUT2D eigenvalue weighted by Gasteiger charge is -2.11. The number of benzene rings is 2. The van der Waals surface area contributed by atoms with Gasteiger partial charge in [-0.15, -0.1) is 0 Å². The van der Waals surface area contributed by atoms with Crippen LogP contribution in [-0.2, 0) is 11.2 Å². The Hall–Kier alpha value is -1.32. The second-order valence-electron chi connectivity index (χ2n) is 4.49. The summed E-state index contributed by atoms with van der Waals surface area (Å²) < 4.78 is 0. The summed E-state index contributed by atoms with van der Waals surface area (Å²) in [5.41, 5.74) is 2.11. The molecular formula is C16H15BrClNO. The zero-order valence-corrected chi connectivity index (χ0v) is 13.2. The van der Waals surface area contributed by atoms with Crippen LogP contribution >= 0.6 is 27.5 Å². The number of hydrogen-bond donors (Lipinski definition) is 1. The average molecular weight is 353 g/mol. The molecular weight excluding hydrogens is 338 g/mol. The summed E-state index contributed by atoms with van der Waals surface area (Å²) in [4.78, 5) is 12.0. The van der Waals surface area contributed by atoms with Crippen molar-refractivity contribution in [1.82, 2.24) is 5.32 Å². The number of hydrogen-bond acceptors (Lipinski definition) is 1. The molecule has 0 saturated carbocycles. The number of carbonyl (C=O) groups excluding carboxylic acids is 1. The molecule has 0 fully saturated rings. The molecule has 0 radical (unpaired) electrons. The van der Waals surface area contributed by atoms with Gasteiger partial charge in [0.05, 0.1) is 11.2 Å². The predicted octanol–water partition coefficient (Wildman–Crippen LogP) is 4.13. The molecule has 2 nitrogen and oxygen atoms in total. The maximum Gasteiger partial charge on any atom is 0.224 e. The smallest absolute Gasteiger partial charge is 0.224 e. The fourth-order valence-electron chi connectivity index (χ4n) is 1.83. The van der Waals surface area contributed by atoms with E-state index in [1.807, 2.05) is 42.5 Å². The Morgan fingerprint density at radius 1 is 1.10 bits per heavy atom. The number of rotatable bonds is 5. The number of carbonyl (C=O) groups is 1. The summed E-state index contributed by atoms with van der Waals surface area (Å²) in [6.45, 7) is 0.566. The van der Waals surface area contributed by atoms with Crippen LogP contribution < -0.4 is 5.32 Å². The Labute approximate surface area is 132 Å². The average Bonchev–Trinajstić information content (AvgIpc) is 2.48. The van der Waals surface area contributed by atoms with Crippen LogP contribution in [0.1, 0.15) is 16.0 Å². The molecule has 1 atom stereocenters. The van der Waals surface area contributed by atoms with Gasteiger partial charge in [0, 0.05) is 11.6 Å². The molecule has 0 aliphatic carbocycles. The lowest BCUT2D eigenvalue weighted by atomic mass is 10.1. The van der Waals surface area contributed by atoms with Crippen molar-refractivity contribution in [3.8, 4) is 0 Å². The van der Waals surface area contributed by atoms with E-state index >= 15 is 0 Å². The summed E-state index contributed by atoms with van der Waals surface area (Å²) in [5.74, 6) is 0.00713. The van der Waals surface area contributed by atoms with Crippen molar-refractivity contribution in [2.75, 3.05) is 6.54 Å². The predicted molar refractivity (Wildman–Crippen MR) is 86.3 cm³/mol. The maximum absolute atomic E-state index is 11.9. The molecule has 1 unspecified atom stereocenters. The number of amides is 1. The molecule has 0 bridgehead atoms. The van der Waals surface area contributed by atoms with Crippen molar-refractivity contribution in [3.63, 3.8) is 0 Å². The van der Waals surface area contributed by atoms with Crippen LogP contribution in [0.3, 0.4) is 0 Å². The van der Waals surface area contributed by atoms with E-state index in [9.17, 15) is 4.79 Å². The van der Waals surface area contributed by atoms with Gasteiger partial charge in [-0.3, -0.25) is 4.79 Å². The maximum atomic E-state index is 11.9. The van der Waals surface area contributed by atoms with Gasteiger partial charge in [0.25, 0.3) is 0 Å². The summed E-state index contributed by atoms with van der Waals surface area (Å²) in [6.07, 6.45) is 0.367. The van der Waals surface area contributed by atoms with Gasteiger partial charge in [0.2, 0.25) is 5.91 Å². The highest BCUT2D eigenvalue weighted by atomic mass is 79.9. The van der Waals surface area contributed by atoms with Gasteiger partial charge < -0.3 is 5.32 Å². The van der Waals surface area contributed by atoms with Crippen LogP contribution in [0.2, 0.25) is 5.02 Å². The Morgan fingerprint density at radius 3 is 2.40 bits per heavy atom. The van der Waals surface area contributed by atoms with E-state index in [1.54, 1.807) is 12.1 Å². The zero-order valence-electron chi connectivity index (χ0n) is 10.9. The van der Waals surface area contributed by atoms with Crippen LogP contribution in [0.5, 0.6) is 0 Å². The second kappa shape index (κ2) is 7.46. The quantitative estimate of drug-likeness (QED) is 0.805. The molecule has 20 heavy (non-hydrogen) atoms. The number of halogens is 2. The minimum atomic E-state index is 0.00713. The molecule has 0 heterocycles. The van der Waals surface area contributed by atoms with Crippen molar-refractivity contribution in [3.05, 3.63) is 70.7 Å². The van der Waals surface area contributed by atoms with Crippen molar-refractivity contribution in [2.24, 2.45) is 0 Å². The van der Waals surface area contributed by atoms with Crippen molar-refractivity contribution in [1.29, 1.82) is 0 Å². The summed E-state index contributed by atoms with van der Waals surface area (Å²) in [7, 11) is 0. The van der Waals surface area contributed by atoms with Crippen LogP contribution in [0, 0.1) is 0 Å². The first kappa shape index (κ1) is 15.1. The van der Waals surface area contributed by atoms with Crippen molar-refractivity contribution >= 4 is 33.4 Å². The number of nitrogens with one attached hydrogen (secondary N) is 1. The first-order valence-corrected chi connectivity index (χ1v) is 7.64. The molecule has 0 saturated heterocycles. The molecule has 2 aromatic carbocycles. The summed E-state index contributed by atoms with van der Waals surface area (Å²) >= 11 is 9.39. The molecule has 1 amide bonds. The third-order valence-corrected chi connectivity index (χ3v) is 4.02. The molecule has 0 aliphatic heterocycles. The van der Waals surface area contributed by atoms with E-state index < -0.39 is 0 Å². The van der Waals surface area contributed by atoms with Gasteiger partial charge in [-0.05, 0) is 23.3 Å². The van der Waals surface area contributed by atoms with E-state index in [0.717, 1.165) is 11.1 Å². The summed E-state index contributed by atoms with van der Waals surface area (Å²) in [5, 5.41) is 3.60. The van der Waals surface area contributed by atoms with E-state index in [2.05, 4.69) is 21.2 Å². The molecule has 0 aliphatic rings. The second-order valence-corrected chi connectivity index (χ2v) is 6.03. The Kier molecular flexibility index (Phi) is 5.62. The topological polar surface area (TPSA) is 29.1 Å². The van der Waals surface area contributed by atoms with Gasteiger partial charge in [-0.1, -0.05) is 70.0 Å². The van der Waals surface area contributed by atoms with Crippen molar-refractivity contribution in [2.45, 2.75) is 11.2 Å². The molecule has 0 spiro atoms. The minimum absolute atomic E-state index is 0.00713. The zero-order chi connectivity index (χ0) is 14.4. The Balaban J connectivity index is 1.82. The van der Waals surface area contributed by atoms with Gasteiger partial charge in [-0.2, -0.15) is 0 Å². The fourth-order valence-corrected chi connectivity index (χ4v) is 2.43. The van der Waals surface area contributed by atoms with Crippen LogP contribution in [0.25, 0.3) is 0 Å².